The van der Waals surface area contributed by atoms with Gasteiger partial charge in [0, 0.05) is 0 Å². The molecule has 0 saturated carbocycles. The van der Waals surface area contributed by atoms with E-state index >= 15 is 0 Å². The van der Waals surface area contributed by atoms with E-state index in [1.807, 2.05) is 6.92 Å². The summed E-state index contributed by atoms with van der Waals surface area (Å²) in [5.74, 6) is 0.455. The van der Waals surface area contributed by atoms with Crippen LogP contribution in [0.5, 0.6) is 0 Å². The maximum Gasteiger partial charge on any atom is 0.169 e. The van der Waals surface area contributed by atoms with Crippen LogP contribution in [0.2, 0.25) is 0 Å². The lowest BCUT2D eigenvalue weighted by Gasteiger charge is -2.02. The van der Waals surface area contributed by atoms with Gasteiger partial charge >= 0.3 is 0 Å². The molecule has 0 aromatic carbocycles. The molecule has 0 unspecified atom stereocenters. The first-order valence-electron chi connectivity index (χ1n) is 4.28. The minimum atomic E-state index is 0.455. The van der Waals surface area contributed by atoms with Gasteiger partial charge in [-0.3, -0.25) is 0 Å². The van der Waals surface area contributed by atoms with E-state index in [2.05, 4.69) is 20.3 Å². The Morgan fingerprint density at radius 1 is 1.36 bits per heavy atom. The quantitative estimate of drug-likeness (QED) is 0.731. The monoisotopic (exact) mass is 190 g/mol. The molecule has 14 heavy (non-hydrogen) atoms. The molecule has 0 atom stereocenters. The Labute approximate surface area is 80.8 Å². The zero-order valence-electron chi connectivity index (χ0n) is 7.75. The van der Waals surface area contributed by atoms with Gasteiger partial charge in [-0.1, -0.05) is 12.1 Å². The first kappa shape index (κ1) is 8.61. The van der Waals surface area contributed by atoms with Gasteiger partial charge in [-0.2, -0.15) is 0 Å². The van der Waals surface area contributed by atoms with Gasteiger partial charge in [0.25, 0.3) is 0 Å². The van der Waals surface area contributed by atoms with Crippen LogP contribution < -0.4 is 5.73 Å². The summed E-state index contributed by atoms with van der Waals surface area (Å²) in [7, 11) is 0. The highest BCUT2D eigenvalue weighted by Crippen LogP contribution is 2.12. The lowest BCUT2D eigenvalue weighted by molar-refractivity contribution is 0.759. The lowest BCUT2D eigenvalue weighted by atomic mass is 10.3. The first-order valence-corrected chi connectivity index (χ1v) is 4.28. The molecule has 2 heterocycles. The van der Waals surface area contributed by atoms with Crippen LogP contribution >= 0.6 is 0 Å². The lowest BCUT2D eigenvalue weighted by Crippen LogP contribution is -2.03. The number of rotatable bonds is 2. The van der Waals surface area contributed by atoms with Crippen LogP contribution in [0.1, 0.15) is 12.6 Å². The Bertz CT molecular complexity index is 421. The van der Waals surface area contributed by atoms with Crippen LogP contribution in [-0.4, -0.2) is 25.0 Å². The van der Waals surface area contributed by atoms with E-state index in [4.69, 9.17) is 5.73 Å². The van der Waals surface area contributed by atoms with Crippen LogP contribution in [0.4, 0.5) is 5.82 Å². The SMILES string of the molecule is CCc1c(N)nnn1-c1cncnc1. The highest BCUT2D eigenvalue weighted by Gasteiger charge is 2.09. The summed E-state index contributed by atoms with van der Waals surface area (Å²) in [5.41, 5.74) is 7.30. The number of hydrogen-bond acceptors (Lipinski definition) is 5. The van der Waals surface area contributed by atoms with Crippen molar-refractivity contribution in [3.63, 3.8) is 0 Å². The molecule has 0 fully saturated rings. The third-order valence-corrected chi connectivity index (χ3v) is 1.92. The fraction of sp³-hybridized carbons (Fsp3) is 0.250. The zero-order valence-corrected chi connectivity index (χ0v) is 7.75. The van der Waals surface area contributed by atoms with E-state index in [1.165, 1.54) is 6.33 Å². The molecule has 0 radical (unpaired) electrons. The second kappa shape index (κ2) is 3.41. The standard InChI is InChI=1S/C8H10N6/c1-2-7-8(9)12-13-14(7)6-3-10-5-11-4-6/h3-5H,2,9H2,1H3. The molecule has 0 aliphatic heterocycles. The average molecular weight is 190 g/mol. The fourth-order valence-electron chi connectivity index (χ4n) is 1.25. The van der Waals surface area contributed by atoms with Gasteiger partial charge in [0.15, 0.2) is 5.82 Å². The Balaban J connectivity index is 2.52. The van der Waals surface area contributed by atoms with Crippen molar-refractivity contribution in [2.45, 2.75) is 13.3 Å². The van der Waals surface area contributed by atoms with Crippen molar-refractivity contribution in [1.82, 2.24) is 25.0 Å². The topological polar surface area (TPSA) is 82.5 Å². The molecule has 2 aromatic rings. The molecule has 6 nitrogen and oxygen atoms in total. The number of hydrogen-bond donors (Lipinski definition) is 1. The molecular weight excluding hydrogens is 180 g/mol. The summed E-state index contributed by atoms with van der Waals surface area (Å²) in [4.78, 5) is 7.81. The smallest absolute Gasteiger partial charge is 0.169 e. The maximum absolute atomic E-state index is 5.65. The normalized spacial score (nSPS) is 10.4. The Kier molecular flexibility index (Phi) is 2.10. The molecule has 0 spiro atoms. The van der Waals surface area contributed by atoms with Gasteiger partial charge in [-0.15, -0.1) is 5.10 Å². The van der Waals surface area contributed by atoms with Crippen LogP contribution in [0.25, 0.3) is 5.69 Å². The molecule has 0 bridgehead atoms. The molecule has 0 aliphatic carbocycles. The van der Waals surface area contributed by atoms with Crippen molar-refractivity contribution in [3.05, 3.63) is 24.4 Å². The van der Waals surface area contributed by atoms with Crippen molar-refractivity contribution in [3.8, 4) is 5.69 Å². The molecule has 2 rings (SSSR count). The second-order valence-electron chi connectivity index (χ2n) is 2.78. The number of aromatic nitrogens is 5. The maximum atomic E-state index is 5.65. The Hall–Kier alpha value is -1.98. The molecule has 6 heteroatoms. The Morgan fingerprint density at radius 3 is 2.71 bits per heavy atom. The van der Waals surface area contributed by atoms with Crippen molar-refractivity contribution in [2.24, 2.45) is 0 Å². The first-order chi connectivity index (χ1) is 6.83. The van der Waals surface area contributed by atoms with Crippen molar-refractivity contribution < 1.29 is 0 Å². The van der Waals surface area contributed by atoms with Crippen molar-refractivity contribution in [1.29, 1.82) is 0 Å². The number of nitrogens with two attached hydrogens (primary N) is 1. The van der Waals surface area contributed by atoms with Crippen molar-refractivity contribution >= 4 is 5.82 Å². The third-order valence-electron chi connectivity index (χ3n) is 1.92. The van der Waals surface area contributed by atoms with E-state index in [0.29, 0.717) is 5.82 Å². The summed E-state index contributed by atoms with van der Waals surface area (Å²) in [5, 5.41) is 7.72. The van der Waals surface area contributed by atoms with Crippen molar-refractivity contribution in [2.75, 3.05) is 5.73 Å². The number of nitrogens with zero attached hydrogens (tertiary/aromatic N) is 5. The molecule has 0 aliphatic rings. The summed E-state index contributed by atoms with van der Waals surface area (Å²) in [6, 6.07) is 0. The summed E-state index contributed by atoms with van der Waals surface area (Å²) < 4.78 is 1.65. The van der Waals surface area contributed by atoms with Gasteiger partial charge in [-0.05, 0) is 6.42 Å². The van der Waals surface area contributed by atoms with E-state index in [0.717, 1.165) is 17.8 Å². The summed E-state index contributed by atoms with van der Waals surface area (Å²) in [6.45, 7) is 2.00. The number of nitrogen functional groups attached to an aromatic ring is 1. The largest absolute Gasteiger partial charge is 0.381 e. The van der Waals surface area contributed by atoms with Gasteiger partial charge in [0.1, 0.15) is 12.0 Å². The van der Waals surface area contributed by atoms with Gasteiger partial charge in [0.2, 0.25) is 0 Å². The zero-order chi connectivity index (χ0) is 9.97. The van der Waals surface area contributed by atoms with E-state index in [1.54, 1.807) is 17.1 Å². The molecular formula is C8H10N6. The molecule has 72 valence electrons. The molecule has 2 N–H and O–H groups in total. The summed E-state index contributed by atoms with van der Waals surface area (Å²) in [6.07, 6.45) is 5.57. The van der Waals surface area contributed by atoms with E-state index in [-0.39, 0.29) is 0 Å². The summed E-state index contributed by atoms with van der Waals surface area (Å²) >= 11 is 0. The highest BCUT2D eigenvalue weighted by atomic mass is 15.4. The predicted octanol–water partition coefficient (Wildman–Crippen LogP) is 0.202. The predicted molar refractivity (Wildman–Crippen MR) is 50.7 cm³/mol. The van der Waals surface area contributed by atoms with Crippen LogP contribution in [0, 0.1) is 0 Å². The van der Waals surface area contributed by atoms with Gasteiger partial charge in [0.05, 0.1) is 18.1 Å². The van der Waals surface area contributed by atoms with Crippen LogP contribution in [-0.2, 0) is 6.42 Å². The second-order valence-corrected chi connectivity index (χ2v) is 2.78. The third kappa shape index (κ3) is 1.30. The average Bonchev–Trinajstić information content (AvgIpc) is 2.61. The minimum absolute atomic E-state index is 0.455. The molecule has 0 amide bonds. The van der Waals surface area contributed by atoms with Crippen LogP contribution in [0.15, 0.2) is 18.7 Å². The molecule has 0 saturated heterocycles. The minimum Gasteiger partial charge on any atom is -0.381 e. The number of anilines is 1. The highest BCUT2D eigenvalue weighted by molar-refractivity contribution is 5.38. The van der Waals surface area contributed by atoms with Gasteiger partial charge < -0.3 is 5.73 Å². The fourth-order valence-corrected chi connectivity index (χ4v) is 1.25. The van der Waals surface area contributed by atoms with Gasteiger partial charge in [-0.25, -0.2) is 14.6 Å². The molecule has 2 aromatic heterocycles. The van der Waals surface area contributed by atoms with E-state index in [9.17, 15) is 0 Å². The van der Waals surface area contributed by atoms with Crippen LogP contribution in [0.3, 0.4) is 0 Å². The van der Waals surface area contributed by atoms with E-state index < -0.39 is 0 Å². The Morgan fingerprint density at radius 2 is 2.07 bits per heavy atom.